The lowest BCUT2D eigenvalue weighted by atomic mass is 10.0. The first kappa shape index (κ1) is 17.3. The van der Waals surface area contributed by atoms with Crippen molar-refractivity contribution in [3.05, 3.63) is 53.9 Å². The summed E-state index contributed by atoms with van der Waals surface area (Å²) < 4.78 is 10.8. The molecule has 0 fully saturated rings. The van der Waals surface area contributed by atoms with Crippen LogP contribution >= 0.6 is 0 Å². The first-order valence-corrected chi connectivity index (χ1v) is 8.51. The number of hydrogen-bond donors (Lipinski definition) is 2. The molecule has 2 aromatic carbocycles. The van der Waals surface area contributed by atoms with Gasteiger partial charge in [-0.25, -0.2) is 4.98 Å². The van der Waals surface area contributed by atoms with E-state index in [2.05, 4.69) is 30.2 Å². The van der Waals surface area contributed by atoms with Gasteiger partial charge in [-0.3, -0.25) is 0 Å². The molecular formula is C20H25N3O2. The number of nitrogens with zero attached hydrogens (tertiary/aromatic N) is 1. The van der Waals surface area contributed by atoms with Crippen LogP contribution in [0.4, 0.5) is 0 Å². The molecule has 5 heteroatoms. The number of fused-ring (bicyclic) bond motifs is 1. The molecule has 1 aromatic heterocycles. The van der Waals surface area contributed by atoms with Gasteiger partial charge in [0.15, 0.2) is 0 Å². The van der Waals surface area contributed by atoms with Crippen LogP contribution in [0.5, 0.6) is 11.5 Å². The Kier molecular flexibility index (Phi) is 5.24. The number of ether oxygens (including phenoxy) is 2. The Morgan fingerprint density at radius 1 is 1.08 bits per heavy atom. The summed E-state index contributed by atoms with van der Waals surface area (Å²) in [7, 11) is 3.33. The average molecular weight is 339 g/mol. The number of aromatic nitrogens is 2. The molecule has 132 valence electrons. The van der Waals surface area contributed by atoms with Crippen molar-refractivity contribution < 1.29 is 9.47 Å². The maximum atomic E-state index is 5.49. The topological polar surface area (TPSA) is 59.2 Å². The molecule has 5 nitrogen and oxygen atoms in total. The molecule has 0 saturated carbocycles. The Balaban J connectivity index is 1.81. The molecule has 1 atom stereocenters. The van der Waals surface area contributed by atoms with Crippen molar-refractivity contribution in [2.24, 2.45) is 5.92 Å². The Labute approximate surface area is 148 Å². The Morgan fingerprint density at radius 2 is 1.88 bits per heavy atom. The SMILES string of the molecule is COc1ccc(CN[C@H](c2nc3ccccc3[nH]2)C(C)C)c(OC)c1. The molecule has 1 heterocycles. The number of imidazole rings is 1. The summed E-state index contributed by atoms with van der Waals surface area (Å²) in [4.78, 5) is 8.18. The third kappa shape index (κ3) is 3.77. The van der Waals surface area contributed by atoms with Gasteiger partial charge in [0.2, 0.25) is 0 Å². The molecule has 3 rings (SSSR count). The standard InChI is InChI=1S/C20H25N3O2/c1-13(2)19(20-22-16-7-5-6-8-17(16)23-20)21-12-14-9-10-15(24-3)11-18(14)25-4/h5-11,13,19,21H,12H2,1-4H3,(H,22,23)/t19-/m0/s1. The van der Waals surface area contributed by atoms with Crippen LogP contribution in [0, 0.1) is 5.92 Å². The molecule has 0 spiro atoms. The lowest BCUT2D eigenvalue weighted by molar-refractivity contribution is 0.375. The summed E-state index contributed by atoms with van der Waals surface area (Å²) in [5, 5.41) is 3.61. The number of methoxy groups -OCH3 is 2. The van der Waals surface area contributed by atoms with E-state index in [1.54, 1.807) is 14.2 Å². The summed E-state index contributed by atoms with van der Waals surface area (Å²) in [5.74, 6) is 2.96. The van der Waals surface area contributed by atoms with Crippen molar-refractivity contribution in [2.75, 3.05) is 14.2 Å². The number of para-hydroxylation sites is 2. The van der Waals surface area contributed by atoms with Crippen molar-refractivity contribution in [3.8, 4) is 11.5 Å². The number of H-pyrrole nitrogens is 1. The van der Waals surface area contributed by atoms with E-state index >= 15 is 0 Å². The number of nitrogens with one attached hydrogen (secondary N) is 2. The second-order valence-electron chi connectivity index (χ2n) is 6.42. The van der Waals surface area contributed by atoms with Crippen molar-refractivity contribution in [2.45, 2.75) is 26.4 Å². The second kappa shape index (κ2) is 7.57. The van der Waals surface area contributed by atoms with Gasteiger partial charge in [-0.05, 0) is 24.1 Å². The summed E-state index contributed by atoms with van der Waals surface area (Å²) >= 11 is 0. The molecule has 0 radical (unpaired) electrons. The Morgan fingerprint density at radius 3 is 2.56 bits per heavy atom. The van der Waals surface area contributed by atoms with Crippen LogP contribution in [0.1, 0.15) is 31.3 Å². The van der Waals surface area contributed by atoms with E-state index in [9.17, 15) is 0 Å². The third-order valence-electron chi connectivity index (χ3n) is 4.38. The highest BCUT2D eigenvalue weighted by Gasteiger charge is 2.19. The predicted molar refractivity (Wildman–Crippen MR) is 100 cm³/mol. The highest BCUT2D eigenvalue weighted by molar-refractivity contribution is 5.74. The second-order valence-corrected chi connectivity index (χ2v) is 6.42. The summed E-state index contributed by atoms with van der Waals surface area (Å²) in [6.45, 7) is 5.07. The van der Waals surface area contributed by atoms with Crippen LogP contribution in [0.25, 0.3) is 11.0 Å². The smallest absolute Gasteiger partial charge is 0.127 e. The minimum absolute atomic E-state index is 0.124. The van der Waals surface area contributed by atoms with Gasteiger partial charge in [-0.2, -0.15) is 0 Å². The van der Waals surface area contributed by atoms with E-state index in [0.29, 0.717) is 12.5 Å². The van der Waals surface area contributed by atoms with Gasteiger partial charge >= 0.3 is 0 Å². The molecule has 2 N–H and O–H groups in total. The lowest BCUT2D eigenvalue weighted by Crippen LogP contribution is -2.26. The van der Waals surface area contributed by atoms with Crippen LogP contribution in [-0.2, 0) is 6.54 Å². The van der Waals surface area contributed by atoms with Crippen LogP contribution in [0.3, 0.4) is 0 Å². The van der Waals surface area contributed by atoms with E-state index in [1.165, 1.54) is 0 Å². The van der Waals surface area contributed by atoms with E-state index in [0.717, 1.165) is 33.9 Å². The first-order chi connectivity index (χ1) is 12.1. The minimum atomic E-state index is 0.124. The minimum Gasteiger partial charge on any atom is -0.497 e. The zero-order valence-electron chi connectivity index (χ0n) is 15.2. The Hall–Kier alpha value is -2.53. The first-order valence-electron chi connectivity index (χ1n) is 8.51. The van der Waals surface area contributed by atoms with Crippen LogP contribution in [-0.4, -0.2) is 24.2 Å². The van der Waals surface area contributed by atoms with Crippen LogP contribution in [0.15, 0.2) is 42.5 Å². The number of aromatic amines is 1. The van der Waals surface area contributed by atoms with Crippen LogP contribution < -0.4 is 14.8 Å². The highest BCUT2D eigenvalue weighted by atomic mass is 16.5. The molecule has 0 amide bonds. The van der Waals surface area contributed by atoms with E-state index in [1.807, 2.05) is 36.4 Å². The third-order valence-corrected chi connectivity index (χ3v) is 4.38. The molecular weight excluding hydrogens is 314 g/mol. The van der Waals surface area contributed by atoms with E-state index in [4.69, 9.17) is 14.5 Å². The molecule has 0 saturated heterocycles. The maximum absolute atomic E-state index is 5.49. The molecule has 0 aliphatic heterocycles. The zero-order chi connectivity index (χ0) is 17.8. The van der Waals surface area contributed by atoms with Gasteiger partial charge in [0.25, 0.3) is 0 Å². The van der Waals surface area contributed by atoms with Crippen molar-refractivity contribution in [1.29, 1.82) is 0 Å². The monoisotopic (exact) mass is 339 g/mol. The molecule has 0 aliphatic carbocycles. The van der Waals surface area contributed by atoms with E-state index < -0.39 is 0 Å². The zero-order valence-corrected chi connectivity index (χ0v) is 15.2. The van der Waals surface area contributed by atoms with Gasteiger partial charge in [-0.15, -0.1) is 0 Å². The summed E-state index contributed by atoms with van der Waals surface area (Å²) in [6, 6.07) is 14.1. The average Bonchev–Trinajstić information content (AvgIpc) is 3.05. The fourth-order valence-electron chi connectivity index (χ4n) is 2.99. The summed E-state index contributed by atoms with van der Waals surface area (Å²) in [6.07, 6.45) is 0. The van der Waals surface area contributed by atoms with Crippen LogP contribution in [0.2, 0.25) is 0 Å². The molecule has 0 bridgehead atoms. The molecule has 3 aromatic rings. The van der Waals surface area contributed by atoms with Crippen molar-refractivity contribution in [3.63, 3.8) is 0 Å². The summed E-state index contributed by atoms with van der Waals surface area (Å²) in [5.41, 5.74) is 3.14. The fourth-order valence-corrected chi connectivity index (χ4v) is 2.99. The van der Waals surface area contributed by atoms with Crippen molar-refractivity contribution in [1.82, 2.24) is 15.3 Å². The van der Waals surface area contributed by atoms with Gasteiger partial charge in [0.1, 0.15) is 17.3 Å². The van der Waals surface area contributed by atoms with Crippen molar-refractivity contribution >= 4 is 11.0 Å². The largest absolute Gasteiger partial charge is 0.497 e. The lowest BCUT2D eigenvalue weighted by Gasteiger charge is -2.21. The maximum Gasteiger partial charge on any atom is 0.127 e. The highest BCUT2D eigenvalue weighted by Crippen LogP contribution is 2.27. The number of hydrogen-bond acceptors (Lipinski definition) is 4. The molecule has 0 unspecified atom stereocenters. The molecule has 0 aliphatic rings. The van der Waals surface area contributed by atoms with Gasteiger partial charge in [-0.1, -0.05) is 32.0 Å². The Bertz CT molecular complexity index is 809. The quantitative estimate of drug-likeness (QED) is 0.681. The number of rotatable bonds is 7. The number of benzene rings is 2. The van der Waals surface area contributed by atoms with Gasteiger partial charge < -0.3 is 19.8 Å². The molecule has 25 heavy (non-hydrogen) atoms. The van der Waals surface area contributed by atoms with Gasteiger partial charge in [0, 0.05) is 18.2 Å². The van der Waals surface area contributed by atoms with Gasteiger partial charge in [0.05, 0.1) is 31.3 Å². The van der Waals surface area contributed by atoms with E-state index in [-0.39, 0.29) is 6.04 Å². The normalized spacial score (nSPS) is 12.5. The fraction of sp³-hybridized carbons (Fsp3) is 0.350. The predicted octanol–water partition coefficient (Wildman–Crippen LogP) is 4.07.